The molecule has 1 N–H and O–H groups in total. The molecule has 0 aliphatic heterocycles. The molecule has 0 unspecified atom stereocenters. The molecule has 0 heterocycles. The minimum atomic E-state index is -4.15. The van der Waals surface area contributed by atoms with Crippen molar-refractivity contribution in [2.45, 2.75) is 52.6 Å². The van der Waals surface area contributed by atoms with Gasteiger partial charge in [0.25, 0.3) is 0 Å². The normalized spacial score (nSPS) is 15.1. The average molecular weight is 209 g/mol. The molecule has 5 heteroatoms. The number of rotatable bonds is 1. The van der Waals surface area contributed by atoms with Gasteiger partial charge in [0.1, 0.15) is 0 Å². The zero-order valence-corrected chi connectivity index (χ0v) is 9.94. The number of hydrogen-bond acceptors (Lipinski definition) is 2. The van der Waals surface area contributed by atoms with Gasteiger partial charge < -0.3 is 0 Å². The van der Waals surface area contributed by atoms with Crippen LogP contribution in [0.25, 0.3) is 0 Å². The van der Waals surface area contributed by atoms with Crippen LogP contribution in [0.2, 0.25) is 0 Å². The first-order valence-corrected chi connectivity index (χ1v) is 5.54. The summed E-state index contributed by atoms with van der Waals surface area (Å²) in [4.78, 5) is 0. The van der Waals surface area contributed by atoms with Gasteiger partial charge in [0.15, 0.2) is 0 Å². The largest absolute Gasteiger partial charge is 0.336 e. The molecule has 0 aliphatic carbocycles. The summed E-state index contributed by atoms with van der Waals surface area (Å²) in [7, 11) is -4.15. The third-order valence-electron chi connectivity index (χ3n) is 1.45. The van der Waals surface area contributed by atoms with Gasteiger partial charge in [0, 0.05) is 11.1 Å². The summed E-state index contributed by atoms with van der Waals surface area (Å²) < 4.78 is 32.3. The maximum absolute atomic E-state index is 11.1. The van der Waals surface area contributed by atoms with Gasteiger partial charge in [0.05, 0.1) is 0 Å². The van der Waals surface area contributed by atoms with Crippen LogP contribution in [0.3, 0.4) is 0 Å². The molecule has 0 rings (SSSR count). The number of nitrogens with zero attached hydrogens (tertiary/aromatic N) is 1. The van der Waals surface area contributed by atoms with Crippen molar-refractivity contribution in [2.24, 2.45) is 0 Å². The van der Waals surface area contributed by atoms with Crippen LogP contribution in [0.4, 0.5) is 0 Å². The highest BCUT2D eigenvalue weighted by Crippen LogP contribution is 2.27. The molecule has 0 aromatic heterocycles. The van der Waals surface area contributed by atoms with Crippen LogP contribution >= 0.6 is 0 Å². The first-order valence-electron chi connectivity index (χ1n) is 4.15. The number of hydrogen-bond donors (Lipinski definition) is 1. The Kier molecular flexibility index (Phi) is 3.19. The topological polar surface area (TPSA) is 57.6 Å². The molecule has 0 atom stereocenters. The van der Waals surface area contributed by atoms with Crippen molar-refractivity contribution in [3.63, 3.8) is 0 Å². The molecule has 0 saturated heterocycles. The van der Waals surface area contributed by atoms with E-state index in [1.54, 1.807) is 41.5 Å². The SMILES string of the molecule is CC(C)(C)N(C(C)(C)C)S(=O)(=O)O. The van der Waals surface area contributed by atoms with Crippen molar-refractivity contribution in [2.75, 3.05) is 0 Å². The fourth-order valence-corrected chi connectivity index (χ4v) is 3.08. The van der Waals surface area contributed by atoms with E-state index in [4.69, 9.17) is 4.55 Å². The van der Waals surface area contributed by atoms with Crippen molar-refractivity contribution >= 4 is 10.3 Å². The van der Waals surface area contributed by atoms with E-state index >= 15 is 0 Å². The maximum Gasteiger partial charge on any atom is 0.336 e. The molecule has 80 valence electrons. The van der Waals surface area contributed by atoms with Crippen molar-refractivity contribution < 1.29 is 13.0 Å². The zero-order chi connectivity index (χ0) is 11.1. The quantitative estimate of drug-likeness (QED) is 0.668. The minimum absolute atomic E-state index is 0.619. The van der Waals surface area contributed by atoms with Crippen LogP contribution < -0.4 is 0 Å². The van der Waals surface area contributed by atoms with Gasteiger partial charge in [-0.05, 0) is 41.5 Å². The van der Waals surface area contributed by atoms with Gasteiger partial charge in [-0.15, -0.1) is 0 Å². The molecule has 0 aromatic carbocycles. The van der Waals surface area contributed by atoms with Crippen molar-refractivity contribution in [1.82, 2.24) is 4.31 Å². The molecule has 0 aromatic rings. The summed E-state index contributed by atoms with van der Waals surface area (Å²) in [6, 6.07) is 0. The highest BCUT2D eigenvalue weighted by atomic mass is 32.2. The summed E-state index contributed by atoms with van der Waals surface area (Å²) in [6.45, 7) is 10.5. The summed E-state index contributed by atoms with van der Waals surface area (Å²) in [5, 5.41) is 0. The van der Waals surface area contributed by atoms with E-state index in [9.17, 15) is 8.42 Å². The van der Waals surface area contributed by atoms with E-state index in [0.29, 0.717) is 0 Å². The van der Waals surface area contributed by atoms with Crippen molar-refractivity contribution in [3.05, 3.63) is 0 Å². The lowest BCUT2D eigenvalue weighted by Gasteiger charge is -2.41. The monoisotopic (exact) mass is 209 g/mol. The maximum atomic E-state index is 11.1. The molecule has 0 amide bonds. The van der Waals surface area contributed by atoms with Gasteiger partial charge in [-0.1, -0.05) is 0 Å². The lowest BCUT2D eigenvalue weighted by Crippen LogP contribution is -2.55. The zero-order valence-electron chi connectivity index (χ0n) is 9.12. The van der Waals surface area contributed by atoms with Gasteiger partial charge in [0.2, 0.25) is 0 Å². The van der Waals surface area contributed by atoms with E-state index in [0.717, 1.165) is 4.31 Å². The molecule has 0 spiro atoms. The standard InChI is InChI=1S/C8H19NO3S/c1-7(2,3)9(8(4,5)6)13(10,11)12/h1-6H3,(H,10,11,12). The first-order chi connectivity index (χ1) is 5.37. The second-order valence-corrected chi connectivity index (χ2v) is 6.34. The van der Waals surface area contributed by atoms with E-state index in [1.807, 2.05) is 0 Å². The van der Waals surface area contributed by atoms with Crippen LogP contribution in [0.1, 0.15) is 41.5 Å². The Morgan fingerprint density at radius 2 is 1.15 bits per heavy atom. The van der Waals surface area contributed by atoms with E-state index in [2.05, 4.69) is 0 Å². The fraction of sp³-hybridized carbons (Fsp3) is 1.00. The van der Waals surface area contributed by atoms with Crippen molar-refractivity contribution in [3.8, 4) is 0 Å². The Hall–Kier alpha value is -0.130. The predicted molar refractivity (Wildman–Crippen MR) is 52.9 cm³/mol. The summed E-state index contributed by atoms with van der Waals surface area (Å²) in [5.41, 5.74) is -1.24. The first kappa shape index (κ1) is 12.9. The second kappa shape index (κ2) is 3.22. The smallest absolute Gasteiger partial charge is 0.273 e. The molecule has 0 fully saturated rings. The van der Waals surface area contributed by atoms with Gasteiger partial charge >= 0.3 is 10.3 Å². The van der Waals surface area contributed by atoms with E-state index in [1.165, 1.54) is 0 Å². The molecular formula is C8H19NO3S. The Bertz CT molecular complexity index is 255. The lowest BCUT2D eigenvalue weighted by molar-refractivity contribution is 0.125. The third-order valence-corrected chi connectivity index (χ3v) is 3.01. The highest BCUT2D eigenvalue weighted by molar-refractivity contribution is 7.83. The van der Waals surface area contributed by atoms with Gasteiger partial charge in [-0.3, -0.25) is 4.55 Å². The summed E-state index contributed by atoms with van der Waals surface area (Å²) >= 11 is 0. The highest BCUT2D eigenvalue weighted by Gasteiger charge is 2.39. The van der Waals surface area contributed by atoms with Crippen LogP contribution in [0.15, 0.2) is 0 Å². The molecule has 13 heavy (non-hydrogen) atoms. The van der Waals surface area contributed by atoms with Gasteiger partial charge in [-0.2, -0.15) is 12.7 Å². The predicted octanol–water partition coefficient (Wildman–Crippen LogP) is 1.69. The van der Waals surface area contributed by atoms with Crippen LogP contribution in [0, 0.1) is 0 Å². The molecule has 0 saturated carbocycles. The molecule has 0 aliphatic rings. The lowest BCUT2D eigenvalue weighted by atomic mass is 10.0. The second-order valence-electron chi connectivity index (χ2n) is 5.08. The van der Waals surface area contributed by atoms with E-state index in [-0.39, 0.29) is 0 Å². The Labute approximate surface area is 80.8 Å². The van der Waals surface area contributed by atoms with Crippen LogP contribution in [-0.4, -0.2) is 28.4 Å². The van der Waals surface area contributed by atoms with E-state index < -0.39 is 21.4 Å². The summed E-state index contributed by atoms with van der Waals surface area (Å²) in [6.07, 6.45) is 0. The van der Waals surface area contributed by atoms with Crippen molar-refractivity contribution in [1.29, 1.82) is 0 Å². The molecule has 4 nitrogen and oxygen atoms in total. The van der Waals surface area contributed by atoms with Crippen LogP contribution in [0.5, 0.6) is 0 Å². The minimum Gasteiger partial charge on any atom is -0.273 e. The molecule has 0 radical (unpaired) electrons. The Balaban J connectivity index is 5.28. The van der Waals surface area contributed by atoms with Crippen LogP contribution in [-0.2, 0) is 10.3 Å². The summed E-state index contributed by atoms with van der Waals surface area (Å²) in [5.74, 6) is 0. The van der Waals surface area contributed by atoms with Gasteiger partial charge in [-0.25, -0.2) is 0 Å². The Morgan fingerprint density at radius 1 is 0.923 bits per heavy atom. The molecular weight excluding hydrogens is 190 g/mol. The third kappa shape index (κ3) is 3.62. The Morgan fingerprint density at radius 3 is 1.15 bits per heavy atom. The average Bonchev–Trinajstić information content (AvgIpc) is 1.44. The molecule has 0 bridgehead atoms. The fourth-order valence-electron chi connectivity index (χ4n) is 1.70.